The van der Waals surface area contributed by atoms with Crippen LogP contribution in [0.3, 0.4) is 0 Å². The standard InChI is InChI=1S/C11H13FN4.C8H15NO3S/c12-8-5-9(7-3-1-2-4-7)16-10(8)6-14-11(13)15-16;10-7-2-1-5-9(6-7)13(11,12)8-3-4-8/h5-7H,1-4H2,(H2,13,15);7-8,10H,1-6H2. The fourth-order valence-corrected chi connectivity index (χ4v) is 6.15. The molecule has 2 aromatic rings. The summed E-state index contributed by atoms with van der Waals surface area (Å²) in [6.07, 6.45) is 8.73. The summed E-state index contributed by atoms with van der Waals surface area (Å²) in [4.78, 5) is 3.81. The van der Waals surface area contributed by atoms with Gasteiger partial charge in [0.05, 0.1) is 17.6 Å². The highest BCUT2D eigenvalue weighted by molar-refractivity contribution is 7.90. The van der Waals surface area contributed by atoms with Gasteiger partial charge < -0.3 is 10.8 Å². The monoisotopic (exact) mass is 425 g/mol. The van der Waals surface area contributed by atoms with Crippen LogP contribution in [0.2, 0.25) is 0 Å². The number of aliphatic hydroxyl groups is 1. The van der Waals surface area contributed by atoms with Crippen LogP contribution in [0, 0.1) is 5.82 Å². The van der Waals surface area contributed by atoms with Crippen molar-refractivity contribution >= 4 is 21.5 Å². The molecule has 1 aliphatic heterocycles. The zero-order chi connectivity index (χ0) is 20.6. The van der Waals surface area contributed by atoms with Crippen LogP contribution in [0.25, 0.3) is 5.52 Å². The molecular formula is C19H28FN5O3S. The van der Waals surface area contributed by atoms with E-state index in [1.807, 2.05) is 0 Å². The predicted octanol–water partition coefficient (Wildman–Crippen LogP) is 2.04. The largest absolute Gasteiger partial charge is 0.392 e. The molecule has 8 nitrogen and oxygen atoms in total. The molecule has 3 heterocycles. The number of sulfonamides is 1. The van der Waals surface area contributed by atoms with Crippen molar-refractivity contribution in [2.75, 3.05) is 18.8 Å². The molecule has 0 bridgehead atoms. The Balaban J connectivity index is 0.000000145. The Morgan fingerprint density at radius 3 is 2.52 bits per heavy atom. The van der Waals surface area contributed by atoms with Crippen LogP contribution in [-0.2, 0) is 10.0 Å². The number of nitrogens with two attached hydrogens (primary N) is 1. The summed E-state index contributed by atoms with van der Waals surface area (Å²) in [5, 5.41) is 13.3. The molecule has 0 radical (unpaired) electrons. The predicted molar refractivity (Wildman–Crippen MR) is 107 cm³/mol. The number of aromatic nitrogens is 3. The Morgan fingerprint density at radius 2 is 1.86 bits per heavy atom. The molecule has 1 saturated heterocycles. The molecule has 0 spiro atoms. The molecule has 3 fully saturated rings. The van der Waals surface area contributed by atoms with Crippen molar-refractivity contribution in [2.24, 2.45) is 0 Å². The first-order valence-electron chi connectivity index (χ1n) is 10.3. The van der Waals surface area contributed by atoms with Gasteiger partial charge in [0.1, 0.15) is 5.52 Å². The number of nitrogens with zero attached hydrogens (tertiary/aromatic N) is 4. The second kappa shape index (κ2) is 8.16. The Kier molecular flexibility index (Phi) is 5.76. The number of hydrogen-bond acceptors (Lipinski definition) is 6. The smallest absolute Gasteiger partial charge is 0.238 e. The van der Waals surface area contributed by atoms with Gasteiger partial charge in [-0.1, -0.05) is 12.8 Å². The third kappa shape index (κ3) is 4.39. The number of nitrogen functional groups attached to an aromatic ring is 1. The topological polar surface area (TPSA) is 114 Å². The van der Waals surface area contributed by atoms with E-state index < -0.39 is 16.1 Å². The van der Waals surface area contributed by atoms with Crippen molar-refractivity contribution in [2.45, 2.75) is 68.6 Å². The highest BCUT2D eigenvalue weighted by Crippen LogP contribution is 2.35. The number of aliphatic hydroxyl groups excluding tert-OH is 1. The molecule has 1 unspecified atom stereocenters. The molecule has 29 heavy (non-hydrogen) atoms. The molecule has 0 aromatic carbocycles. The average molecular weight is 426 g/mol. The molecule has 1 atom stereocenters. The number of halogens is 1. The molecule has 5 rings (SSSR count). The zero-order valence-electron chi connectivity index (χ0n) is 16.4. The van der Waals surface area contributed by atoms with Gasteiger partial charge in [0.15, 0.2) is 5.82 Å². The van der Waals surface area contributed by atoms with Crippen molar-refractivity contribution in [3.63, 3.8) is 0 Å². The summed E-state index contributed by atoms with van der Waals surface area (Å²) in [7, 11) is -3.05. The van der Waals surface area contributed by atoms with Crippen LogP contribution in [0.1, 0.15) is 63.0 Å². The van der Waals surface area contributed by atoms with E-state index in [-0.39, 0.29) is 17.0 Å². The maximum Gasteiger partial charge on any atom is 0.238 e. The number of piperidine rings is 1. The summed E-state index contributed by atoms with van der Waals surface area (Å²) in [6, 6.07) is 1.57. The summed E-state index contributed by atoms with van der Waals surface area (Å²) < 4.78 is 40.1. The average Bonchev–Trinajstić information content (AvgIpc) is 3.33. The number of hydrogen-bond donors (Lipinski definition) is 2. The summed E-state index contributed by atoms with van der Waals surface area (Å²) in [6.45, 7) is 0.898. The molecule has 3 aliphatic rings. The second-order valence-electron chi connectivity index (χ2n) is 8.21. The first kappa shape index (κ1) is 20.5. The lowest BCUT2D eigenvalue weighted by Crippen LogP contribution is -2.43. The van der Waals surface area contributed by atoms with E-state index in [0.29, 0.717) is 24.5 Å². The Bertz CT molecular complexity index is 970. The lowest BCUT2D eigenvalue weighted by atomic mass is 10.1. The lowest BCUT2D eigenvalue weighted by molar-refractivity contribution is 0.108. The van der Waals surface area contributed by atoms with Crippen molar-refractivity contribution in [3.05, 3.63) is 23.8 Å². The van der Waals surface area contributed by atoms with Crippen molar-refractivity contribution in [1.29, 1.82) is 0 Å². The van der Waals surface area contributed by atoms with Crippen LogP contribution in [0.4, 0.5) is 10.3 Å². The van der Waals surface area contributed by atoms with Crippen LogP contribution in [-0.4, -0.2) is 56.9 Å². The summed E-state index contributed by atoms with van der Waals surface area (Å²) >= 11 is 0. The molecule has 0 amide bonds. The van der Waals surface area contributed by atoms with Crippen LogP contribution in [0.15, 0.2) is 12.3 Å². The van der Waals surface area contributed by atoms with Crippen molar-refractivity contribution in [3.8, 4) is 0 Å². The van der Waals surface area contributed by atoms with E-state index >= 15 is 0 Å². The van der Waals surface area contributed by atoms with E-state index in [9.17, 15) is 17.9 Å². The minimum Gasteiger partial charge on any atom is -0.392 e. The van der Waals surface area contributed by atoms with E-state index in [4.69, 9.17) is 5.73 Å². The van der Waals surface area contributed by atoms with Crippen LogP contribution >= 0.6 is 0 Å². The van der Waals surface area contributed by atoms with Gasteiger partial charge in [0, 0.05) is 24.7 Å². The van der Waals surface area contributed by atoms with Gasteiger partial charge in [0.2, 0.25) is 16.0 Å². The third-order valence-corrected chi connectivity index (χ3v) is 8.32. The van der Waals surface area contributed by atoms with E-state index in [1.165, 1.54) is 23.3 Å². The van der Waals surface area contributed by atoms with E-state index in [1.54, 1.807) is 10.6 Å². The Labute approximate surface area is 170 Å². The zero-order valence-corrected chi connectivity index (χ0v) is 17.2. The van der Waals surface area contributed by atoms with Gasteiger partial charge in [-0.3, -0.25) is 0 Å². The number of fused-ring (bicyclic) bond motifs is 1. The highest BCUT2D eigenvalue weighted by atomic mass is 32.2. The molecule has 2 saturated carbocycles. The highest BCUT2D eigenvalue weighted by Gasteiger charge is 2.41. The number of rotatable bonds is 3. The minimum atomic E-state index is -3.05. The van der Waals surface area contributed by atoms with E-state index in [2.05, 4.69) is 10.1 Å². The lowest BCUT2D eigenvalue weighted by Gasteiger charge is -2.29. The van der Waals surface area contributed by atoms with Crippen LogP contribution < -0.4 is 5.73 Å². The maximum absolute atomic E-state index is 13.7. The SMILES string of the molecule is Nc1ncc2c(F)cc(C3CCCC3)n2n1.O=S(=O)(C1CC1)N1CCCC(O)C1. The van der Waals surface area contributed by atoms with Gasteiger partial charge in [-0.25, -0.2) is 22.3 Å². The quantitative estimate of drug-likeness (QED) is 0.778. The van der Waals surface area contributed by atoms with Gasteiger partial charge in [-0.2, -0.15) is 4.31 Å². The fraction of sp³-hybridized carbons (Fsp3) is 0.684. The van der Waals surface area contributed by atoms with Gasteiger partial charge in [-0.05, 0) is 44.6 Å². The molecule has 160 valence electrons. The second-order valence-corrected chi connectivity index (χ2v) is 10.4. The first-order chi connectivity index (χ1) is 13.9. The molecule has 3 N–H and O–H groups in total. The van der Waals surface area contributed by atoms with Gasteiger partial charge in [0.25, 0.3) is 0 Å². The van der Waals surface area contributed by atoms with Crippen molar-refractivity contribution in [1.82, 2.24) is 18.9 Å². The molecule has 2 aromatic heterocycles. The molecular weight excluding hydrogens is 397 g/mol. The summed E-state index contributed by atoms with van der Waals surface area (Å²) in [5.41, 5.74) is 6.88. The molecule has 10 heteroatoms. The van der Waals surface area contributed by atoms with Gasteiger partial charge in [-0.15, -0.1) is 5.10 Å². The number of β-amino-alcohol motifs (C(OH)–C–C–N with tert-alkyl or cyclic N) is 1. The molecule has 2 aliphatic carbocycles. The normalized spacial score (nSPS) is 23.9. The van der Waals surface area contributed by atoms with E-state index in [0.717, 1.165) is 44.2 Å². The Morgan fingerprint density at radius 1 is 1.14 bits per heavy atom. The van der Waals surface area contributed by atoms with Crippen molar-refractivity contribution < 1.29 is 17.9 Å². The maximum atomic E-state index is 13.7. The first-order valence-corrected chi connectivity index (χ1v) is 11.8. The van der Waals surface area contributed by atoms with Gasteiger partial charge >= 0.3 is 0 Å². The van der Waals surface area contributed by atoms with Crippen LogP contribution in [0.5, 0.6) is 0 Å². The fourth-order valence-electron chi connectivity index (χ4n) is 4.23. The third-order valence-electron chi connectivity index (χ3n) is 5.95. The Hall–Kier alpha value is -1.78. The summed E-state index contributed by atoms with van der Waals surface area (Å²) in [5.74, 6) is 0.329. The minimum absolute atomic E-state index is 0.141. The number of anilines is 1.